The lowest BCUT2D eigenvalue weighted by atomic mass is 9.94. The summed E-state index contributed by atoms with van der Waals surface area (Å²) in [6.07, 6.45) is 18.7. The molecule has 2 unspecified atom stereocenters. The van der Waals surface area contributed by atoms with Gasteiger partial charge in [0, 0.05) is 36.8 Å². The van der Waals surface area contributed by atoms with Crippen LogP contribution in [-0.2, 0) is 4.79 Å². The number of hydrogen-bond acceptors (Lipinski definition) is 2. The van der Waals surface area contributed by atoms with E-state index >= 15 is 0 Å². The van der Waals surface area contributed by atoms with Crippen molar-refractivity contribution in [1.82, 2.24) is 4.90 Å². The number of nitrogens with zero attached hydrogens (tertiary/aromatic N) is 2. The Hall–Kier alpha value is -2.13. The Labute approximate surface area is 169 Å². The average Bonchev–Trinajstić information content (AvgIpc) is 2.91. The summed E-state index contributed by atoms with van der Waals surface area (Å²) < 4.78 is 0. The molecule has 0 N–H and O–H groups in total. The van der Waals surface area contributed by atoms with Gasteiger partial charge in [-0.2, -0.15) is 0 Å². The van der Waals surface area contributed by atoms with Crippen molar-refractivity contribution < 1.29 is 4.79 Å². The van der Waals surface area contributed by atoms with Crippen LogP contribution < -0.4 is 4.90 Å². The molecule has 1 aromatic rings. The summed E-state index contributed by atoms with van der Waals surface area (Å²) in [6.45, 7) is 3.11. The number of carbonyl (C=O) groups excluding carboxylic acids is 1. The first kappa shape index (κ1) is 19.2. The first-order chi connectivity index (χ1) is 13.8. The zero-order valence-electron chi connectivity index (χ0n) is 17.0. The highest BCUT2D eigenvalue weighted by molar-refractivity contribution is 5.93. The maximum atomic E-state index is 12.8. The minimum Gasteiger partial charge on any atom is -0.309 e. The molecule has 2 saturated heterocycles. The van der Waals surface area contributed by atoms with Gasteiger partial charge in [-0.25, -0.2) is 0 Å². The van der Waals surface area contributed by atoms with Crippen LogP contribution in [0.15, 0.2) is 66.3 Å². The van der Waals surface area contributed by atoms with Gasteiger partial charge in [-0.05, 0) is 56.2 Å². The zero-order valence-corrected chi connectivity index (χ0v) is 17.0. The summed E-state index contributed by atoms with van der Waals surface area (Å²) in [5.74, 6) is 0.254. The number of fused-ring (bicyclic) bond motifs is 2. The van der Waals surface area contributed by atoms with Crippen LogP contribution in [-0.4, -0.2) is 35.5 Å². The predicted molar refractivity (Wildman–Crippen MR) is 116 cm³/mol. The monoisotopic (exact) mass is 376 g/mol. The van der Waals surface area contributed by atoms with Crippen LogP contribution in [0.2, 0.25) is 0 Å². The van der Waals surface area contributed by atoms with Gasteiger partial charge in [0.1, 0.15) is 0 Å². The van der Waals surface area contributed by atoms with Crippen LogP contribution in [0.5, 0.6) is 0 Å². The third-order valence-electron chi connectivity index (χ3n) is 6.54. The normalized spacial score (nSPS) is 26.8. The van der Waals surface area contributed by atoms with Crippen molar-refractivity contribution >= 4 is 11.6 Å². The predicted octanol–water partition coefficient (Wildman–Crippen LogP) is 5.26. The van der Waals surface area contributed by atoms with E-state index < -0.39 is 0 Å². The molecule has 3 nitrogen and oxygen atoms in total. The molecular formula is C25H32N2O. The molecule has 28 heavy (non-hydrogen) atoms. The number of rotatable bonds is 6. The second-order valence-corrected chi connectivity index (χ2v) is 8.26. The number of piperidine rings is 1. The van der Waals surface area contributed by atoms with Crippen LogP contribution in [0.1, 0.15) is 51.9 Å². The largest absolute Gasteiger partial charge is 0.309 e. The molecule has 148 valence electrons. The summed E-state index contributed by atoms with van der Waals surface area (Å²) >= 11 is 0. The Kier molecular flexibility index (Phi) is 6.11. The Morgan fingerprint density at radius 2 is 1.86 bits per heavy atom. The second-order valence-electron chi connectivity index (χ2n) is 8.26. The quantitative estimate of drug-likeness (QED) is 0.676. The summed E-state index contributed by atoms with van der Waals surface area (Å²) in [6, 6.07) is 11.8. The van der Waals surface area contributed by atoms with Crippen molar-refractivity contribution in [3.05, 3.63) is 66.3 Å². The van der Waals surface area contributed by atoms with Gasteiger partial charge in [-0.3, -0.25) is 9.69 Å². The van der Waals surface area contributed by atoms with Crippen molar-refractivity contribution in [1.29, 1.82) is 0 Å². The van der Waals surface area contributed by atoms with Crippen LogP contribution in [0, 0.1) is 0 Å². The van der Waals surface area contributed by atoms with E-state index in [1.165, 1.54) is 18.4 Å². The van der Waals surface area contributed by atoms with Gasteiger partial charge in [0.05, 0.1) is 0 Å². The van der Waals surface area contributed by atoms with E-state index in [9.17, 15) is 4.79 Å². The summed E-state index contributed by atoms with van der Waals surface area (Å²) in [5.41, 5.74) is 2.50. The Morgan fingerprint density at radius 3 is 2.57 bits per heavy atom. The molecule has 2 aliphatic heterocycles. The highest BCUT2D eigenvalue weighted by Crippen LogP contribution is 2.39. The van der Waals surface area contributed by atoms with Crippen molar-refractivity contribution in [2.75, 3.05) is 11.4 Å². The number of anilines is 1. The van der Waals surface area contributed by atoms with E-state index in [2.05, 4.69) is 52.3 Å². The molecule has 2 atom stereocenters. The van der Waals surface area contributed by atoms with E-state index in [0.717, 1.165) is 37.9 Å². The first-order valence-electron chi connectivity index (χ1n) is 10.9. The molecule has 4 rings (SSSR count). The highest BCUT2D eigenvalue weighted by atomic mass is 16.2. The maximum absolute atomic E-state index is 12.8. The van der Waals surface area contributed by atoms with E-state index in [0.29, 0.717) is 24.5 Å². The molecule has 0 spiro atoms. The molecule has 2 heterocycles. The minimum absolute atomic E-state index is 0.254. The summed E-state index contributed by atoms with van der Waals surface area (Å²) in [5, 5.41) is 0. The lowest BCUT2D eigenvalue weighted by Crippen LogP contribution is -2.52. The molecule has 3 aliphatic rings. The minimum atomic E-state index is 0.254. The van der Waals surface area contributed by atoms with Crippen molar-refractivity contribution in [2.45, 2.75) is 70.0 Å². The van der Waals surface area contributed by atoms with E-state index in [-0.39, 0.29) is 5.91 Å². The molecule has 0 saturated carbocycles. The molecule has 0 aromatic heterocycles. The molecule has 0 radical (unpaired) electrons. The van der Waals surface area contributed by atoms with E-state index in [1.54, 1.807) is 0 Å². The number of carbonyl (C=O) groups is 1. The fourth-order valence-electron chi connectivity index (χ4n) is 5.19. The molecule has 2 fully saturated rings. The Bertz CT molecular complexity index is 750. The van der Waals surface area contributed by atoms with Crippen molar-refractivity contribution in [3.8, 4) is 0 Å². The Balaban J connectivity index is 1.44. The van der Waals surface area contributed by atoms with Crippen LogP contribution in [0.3, 0.4) is 0 Å². The van der Waals surface area contributed by atoms with Crippen LogP contribution in [0.4, 0.5) is 5.69 Å². The SMILES string of the molecule is CCC(=O)N(c1ccccc1)C1CC2CCC(C1)N2CCC1=CC=CCC=C1. The summed E-state index contributed by atoms with van der Waals surface area (Å²) in [7, 11) is 0. The first-order valence-corrected chi connectivity index (χ1v) is 10.9. The highest BCUT2D eigenvalue weighted by Gasteiger charge is 2.43. The second kappa shape index (κ2) is 8.91. The van der Waals surface area contributed by atoms with Crippen molar-refractivity contribution in [3.63, 3.8) is 0 Å². The number of allylic oxidation sites excluding steroid dienone is 5. The zero-order chi connectivity index (χ0) is 19.3. The topological polar surface area (TPSA) is 23.6 Å². The lowest BCUT2D eigenvalue weighted by molar-refractivity contribution is -0.119. The van der Waals surface area contributed by atoms with Gasteiger partial charge < -0.3 is 4.90 Å². The van der Waals surface area contributed by atoms with Crippen LogP contribution >= 0.6 is 0 Å². The number of hydrogen-bond donors (Lipinski definition) is 0. The lowest BCUT2D eigenvalue weighted by Gasteiger charge is -2.43. The standard InChI is InChI=1S/C25H32N2O/c1-2-25(28)27(21-12-8-5-9-13-21)24-18-22-14-15-23(19-24)26(22)17-16-20-10-6-3-4-7-11-20/h3,5-13,22-24H,2,4,14-19H2,1H3. The smallest absolute Gasteiger partial charge is 0.226 e. The maximum Gasteiger partial charge on any atom is 0.226 e. The molecule has 3 heteroatoms. The van der Waals surface area contributed by atoms with E-state index in [1.807, 2.05) is 25.1 Å². The molecule has 1 amide bonds. The van der Waals surface area contributed by atoms with Crippen molar-refractivity contribution in [2.24, 2.45) is 0 Å². The Morgan fingerprint density at radius 1 is 1.11 bits per heavy atom. The van der Waals surface area contributed by atoms with Gasteiger partial charge >= 0.3 is 0 Å². The van der Waals surface area contributed by atoms with Gasteiger partial charge in [-0.1, -0.05) is 55.5 Å². The number of para-hydroxylation sites is 1. The fourth-order valence-corrected chi connectivity index (χ4v) is 5.19. The number of benzene rings is 1. The van der Waals surface area contributed by atoms with Gasteiger partial charge in [0.15, 0.2) is 0 Å². The van der Waals surface area contributed by atoms with Crippen LogP contribution in [0.25, 0.3) is 0 Å². The average molecular weight is 377 g/mol. The van der Waals surface area contributed by atoms with Gasteiger partial charge in [0.25, 0.3) is 0 Å². The third kappa shape index (κ3) is 4.15. The van der Waals surface area contributed by atoms with Gasteiger partial charge in [0.2, 0.25) is 5.91 Å². The summed E-state index contributed by atoms with van der Waals surface area (Å²) in [4.78, 5) is 17.6. The molecule has 1 aliphatic carbocycles. The molecule has 1 aromatic carbocycles. The van der Waals surface area contributed by atoms with Gasteiger partial charge in [-0.15, -0.1) is 0 Å². The van der Waals surface area contributed by atoms with E-state index in [4.69, 9.17) is 0 Å². The molecule has 2 bridgehead atoms. The fraction of sp³-hybridized carbons (Fsp3) is 0.480. The molecular weight excluding hydrogens is 344 g/mol. The number of amides is 1. The third-order valence-corrected chi connectivity index (χ3v) is 6.54.